The van der Waals surface area contributed by atoms with Gasteiger partial charge in [-0.3, -0.25) is 4.79 Å². The fourth-order valence-corrected chi connectivity index (χ4v) is 4.81. The number of thiophene rings is 1. The van der Waals surface area contributed by atoms with Crippen LogP contribution in [-0.4, -0.2) is 31.1 Å². The van der Waals surface area contributed by atoms with E-state index < -0.39 is 0 Å². The average Bonchev–Trinajstić information content (AvgIpc) is 3.12. The lowest BCUT2D eigenvalue weighted by atomic mass is 10.1. The Morgan fingerprint density at radius 2 is 2.38 bits per heavy atom. The molecule has 21 heavy (non-hydrogen) atoms. The fourth-order valence-electron chi connectivity index (χ4n) is 2.45. The van der Waals surface area contributed by atoms with Crippen LogP contribution < -0.4 is 15.8 Å². The number of ether oxygens (including phenoxy) is 1. The van der Waals surface area contributed by atoms with E-state index in [1.165, 1.54) is 23.5 Å². The molecule has 112 valence electrons. The molecule has 4 nitrogen and oxygen atoms in total. The Morgan fingerprint density at radius 3 is 3.10 bits per heavy atom. The molecule has 0 bridgehead atoms. The number of fused-ring (bicyclic) bond motifs is 1. The van der Waals surface area contributed by atoms with Gasteiger partial charge < -0.3 is 15.8 Å². The molecule has 1 aliphatic rings. The minimum absolute atomic E-state index is 0.0652. The van der Waals surface area contributed by atoms with E-state index in [2.05, 4.69) is 5.32 Å². The minimum Gasteiger partial charge on any atom is -0.497 e. The number of nitrogens with two attached hydrogens (primary N) is 1. The van der Waals surface area contributed by atoms with Gasteiger partial charge in [-0.2, -0.15) is 11.8 Å². The van der Waals surface area contributed by atoms with Gasteiger partial charge in [0.05, 0.1) is 12.8 Å². The smallest absolute Gasteiger partial charge is 0.263 e. The van der Waals surface area contributed by atoms with Gasteiger partial charge in [-0.25, -0.2) is 0 Å². The second-order valence-corrected chi connectivity index (χ2v) is 7.35. The molecular formula is C15H18N2O2S2. The van der Waals surface area contributed by atoms with Gasteiger partial charge in [0.2, 0.25) is 0 Å². The van der Waals surface area contributed by atoms with Crippen LogP contribution in [0.3, 0.4) is 0 Å². The Labute approximate surface area is 132 Å². The van der Waals surface area contributed by atoms with Crippen LogP contribution in [0.4, 0.5) is 5.69 Å². The molecule has 0 saturated carbocycles. The van der Waals surface area contributed by atoms with Crippen molar-refractivity contribution in [1.82, 2.24) is 5.32 Å². The van der Waals surface area contributed by atoms with E-state index in [0.717, 1.165) is 28.1 Å². The molecule has 1 saturated heterocycles. The monoisotopic (exact) mass is 322 g/mol. The van der Waals surface area contributed by atoms with Crippen molar-refractivity contribution in [1.29, 1.82) is 0 Å². The molecule has 3 rings (SSSR count). The number of amides is 1. The van der Waals surface area contributed by atoms with Gasteiger partial charge in [-0.05, 0) is 42.0 Å². The van der Waals surface area contributed by atoms with Gasteiger partial charge in [-0.15, -0.1) is 11.3 Å². The highest BCUT2D eigenvalue weighted by molar-refractivity contribution is 7.99. The van der Waals surface area contributed by atoms with Crippen molar-refractivity contribution in [2.24, 2.45) is 5.92 Å². The summed E-state index contributed by atoms with van der Waals surface area (Å²) in [6.45, 7) is 0.739. The van der Waals surface area contributed by atoms with Crippen LogP contribution in [0.1, 0.15) is 16.1 Å². The van der Waals surface area contributed by atoms with Gasteiger partial charge in [0, 0.05) is 16.6 Å². The summed E-state index contributed by atoms with van der Waals surface area (Å²) < 4.78 is 6.19. The van der Waals surface area contributed by atoms with Gasteiger partial charge in [0.1, 0.15) is 10.6 Å². The van der Waals surface area contributed by atoms with E-state index in [0.29, 0.717) is 16.5 Å². The van der Waals surface area contributed by atoms with Crippen molar-refractivity contribution in [2.45, 2.75) is 6.42 Å². The molecule has 0 aliphatic carbocycles. The molecule has 1 aromatic carbocycles. The molecule has 3 N–H and O–H groups in total. The molecule has 2 aromatic rings. The number of nitrogen functional groups attached to an aromatic ring is 1. The summed E-state index contributed by atoms with van der Waals surface area (Å²) in [6, 6.07) is 5.69. The summed E-state index contributed by atoms with van der Waals surface area (Å²) >= 11 is 3.38. The quantitative estimate of drug-likeness (QED) is 0.908. The summed E-state index contributed by atoms with van der Waals surface area (Å²) in [7, 11) is 1.63. The van der Waals surface area contributed by atoms with Crippen LogP contribution in [0.2, 0.25) is 0 Å². The van der Waals surface area contributed by atoms with E-state index in [4.69, 9.17) is 10.5 Å². The Morgan fingerprint density at radius 1 is 1.52 bits per heavy atom. The highest BCUT2D eigenvalue weighted by Crippen LogP contribution is 2.35. The Hall–Kier alpha value is -1.40. The molecule has 6 heteroatoms. The van der Waals surface area contributed by atoms with E-state index in [1.54, 1.807) is 7.11 Å². The molecule has 1 amide bonds. The first-order valence-electron chi connectivity index (χ1n) is 6.91. The average molecular weight is 322 g/mol. The lowest BCUT2D eigenvalue weighted by molar-refractivity contribution is 0.0953. The number of anilines is 1. The third kappa shape index (κ3) is 2.96. The first-order valence-corrected chi connectivity index (χ1v) is 8.88. The normalized spacial score (nSPS) is 18.0. The predicted octanol–water partition coefficient (Wildman–Crippen LogP) is 2.98. The topological polar surface area (TPSA) is 64.3 Å². The maximum atomic E-state index is 12.3. The van der Waals surface area contributed by atoms with Crippen LogP contribution in [0.15, 0.2) is 18.2 Å². The van der Waals surface area contributed by atoms with Gasteiger partial charge in [0.15, 0.2) is 0 Å². The Balaban J connectivity index is 1.78. The summed E-state index contributed by atoms with van der Waals surface area (Å²) in [5, 5.41) is 3.94. The second kappa shape index (κ2) is 6.15. The number of methoxy groups -OCH3 is 1. The largest absolute Gasteiger partial charge is 0.497 e. The summed E-state index contributed by atoms with van der Waals surface area (Å²) in [4.78, 5) is 12.9. The molecule has 2 heterocycles. The number of carbonyl (C=O) groups is 1. The minimum atomic E-state index is -0.0652. The Kier molecular flexibility index (Phi) is 4.26. The second-order valence-electron chi connectivity index (χ2n) is 5.15. The maximum Gasteiger partial charge on any atom is 0.263 e. The van der Waals surface area contributed by atoms with Crippen molar-refractivity contribution in [3.05, 3.63) is 23.1 Å². The zero-order valence-corrected chi connectivity index (χ0v) is 13.5. The molecule has 0 spiro atoms. The van der Waals surface area contributed by atoms with Crippen LogP contribution in [0, 0.1) is 5.92 Å². The van der Waals surface area contributed by atoms with Crippen molar-refractivity contribution in [3.8, 4) is 5.75 Å². The number of hydrogen-bond donors (Lipinski definition) is 2. The standard InChI is InChI=1S/C15H18N2O2S2/c1-19-10-2-3-11-12(6-10)21-14(13(11)16)15(18)17-7-9-4-5-20-8-9/h2-3,6,9H,4-5,7-8,16H2,1H3,(H,17,18). The Bertz CT molecular complexity index is 663. The molecular weight excluding hydrogens is 304 g/mol. The number of nitrogens with one attached hydrogen (secondary N) is 1. The molecule has 1 aliphatic heterocycles. The lowest BCUT2D eigenvalue weighted by Crippen LogP contribution is -2.29. The number of carbonyl (C=O) groups excluding carboxylic acids is 1. The highest BCUT2D eigenvalue weighted by atomic mass is 32.2. The van der Waals surface area contributed by atoms with Crippen molar-refractivity contribution < 1.29 is 9.53 Å². The zero-order valence-electron chi connectivity index (χ0n) is 11.8. The van der Waals surface area contributed by atoms with Crippen LogP contribution >= 0.6 is 23.1 Å². The lowest BCUT2D eigenvalue weighted by Gasteiger charge is -2.09. The van der Waals surface area contributed by atoms with Crippen LogP contribution in [0.5, 0.6) is 5.75 Å². The molecule has 0 radical (unpaired) electrons. The van der Waals surface area contributed by atoms with Crippen LogP contribution in [-0.2, 0) is 0 Å². The van der Waals surface area contributed by atoms with Gasteiger partial charge >= 0.3 is 0 Å². The third-order valence-corrected chi connectivity index (χ3v) is 6.12. The maximum absolute atomic E-state index is 12.3. The predicted molar refractivity (Wildman–Crippen MR) is 90.6 cm³/mol. The molecule has 1 unspecified atom stereocenters. The summed E-state index contributed by atoms with van der Waals surface area (Å²) in [5.74, 6) is 3.64. The van der Waals surface area contributed by atoms with Crippen molar-refractivity contribution in [3.63, 3.8) is 0 Å². The molecule has 1 fully saturated rings. The van der Waals surface area contributed by atoms with Crippen LogP contribution in [0.25, 0.3) is 10.1 Å². The zero-order chi connectivity index (χ0) is 14.8. The van der Waals surface area contributed by atoms with Gasteiger partial charge in [0.25, 0.3) is 5.91 Å². The number of rotatable bonds is 4. The molecule has 1 atom stereocenters. The highest BCUT2D eigenvalue weighted by Gasteiger charge is 2.20. The first kappa shape index (κ1) is 14.5. The molecule has 1 aromatic heterocycles. The number of benzene rings is 1. The number of thioether (sulfide) groups is 1. The van der Waals surface area contributed by atoms with E-state index in [1.807, 2.05) is 30.0 Å². The van der Waals surface area contributed by atoms with Crippen molar-refractivity contribution >= 4 is 44.8 Å². The SMILES string of the molecule is COc1ccc2c(N)c(C(=O)NCC3CCSC3)sc2c1. The third-order valence-electron chi connectivity index (χ3n) is 3.72. The summed E-state index contributed by atoms with van der Waals surface area (Å²) in [5.41, 5.74) is 6.69. The fraction of sp³-hybridized carbons (Fsp3) is 0.400. The van der Waals surface area contributed by atoms with E-state index in [9.17, 15) is 4.79 Å². The number of hydrogen-bond acceptors (Lipinski definition) is 5. The summed E-state index contributed by atoms with van der Waals surface area (Å²) in [6.07, 6.45) is 1.18. The van der Waals surface area contributed by atoms with Gasteiger partial charge in [-0.1, -0.05) is 0 Å². The van der Waals surface area contributed by atoms with E-state index in [-0.39, 0.29) is 5.91 Å². The van der Waals surface area contributed by atoms with Crippen molar-refractivity contribution in [2.75, 3.05) is 30.9 Å². The van der Waals surface area contributed by atoms with E-state index >= 15 is 0 Å². The first-order chi connectivity index (χ1) is 10.2.